The minimum Gasteiger partial charge on any atom is -0.394 e. The van der Waals surface area contributed by atoms with Gasteiger partial charge in [-0.05, 0) is 18.9 Å². The second-order valence-corrected chi connectivity index (χ2v) is 8.53. The monoisotopic (exact) mass is 490 g/mol. The third-order valence-corrected chi connectivity index (χ3v) is 5.91. The fraction of sp³-hybridized carbons (Fsp3) is 0.583. The number of aliphatic hydroxyl groups excluding tert-OH is 1. The fourth-order valence-electron chi connectivity index (χ4n) is 3.95. The summed E-state index contributed by atoms with van der Waals surface area (Å²) in [5.41, 5.74) is -1.29. The standard InChI is InChI=1S/C24H31F5N2O3/c25-19-16(20(26)22(28)23(29)21(19)27)12-13-18(33)31-17(14-32)24(34)30-15-10-8-6-4-2-1-3-5-7-9-11-15/h12-13,15,17,32H,1-11,14H2,(H,30,34)(H,31,33)/t17-/m0/s1. The molecule has 0 radical (unpaired) electrons. The van der Waals surface area contributed by atoms with Crippen LogP contribution in [0.2, 0.25) is 0 Å². The summed E-state index contributed by atoms with van der Waals surface area (Å²) in [7, 11) is 0. The molecule has 1 aromatic carbocycles. The van der Waals surface area contributed by atoms with Gasteiger partial charge < -0.3 is 15.7 Å². The number of carbonyl (C=O) groups excluding carboxylic acids is 2. The van der Waals surface area contributed by atoms with E-state index in [0.717, 1.165) is 51.4 Å². The molecule has 2 amide bonds. The van der Waals surface area contributed by atoms with Crippen LogP contribution in [0, 0.1) is 29.1 Å². The number of halogens is 5. The van der Waals surface area contributed by atoms with Gasteiger partial charge in [0.1, 0.15) is 6.04 Å². The van der Waals surface area contributed by atoms with E-state index in [1.54, 1.807) is 0 Å². The van der Waals surface area contributed by atoms with Crippen LogP contribution in [0.5, 0.6) is 0 Å². The van der Waals surface area contributed by atoms with Crippen LogP contribution in [-0.4, -0.2) is 35.6 Å². The molecule has 0 unspecified atom stereocenters. The molecule has 10 heteroatoms. The van der Waals surface area contributed by atoms with Crippen LogP contribution < -0.4 is 10.6 Å². The number of aliphatic hydroxyl groups is 1. The highest BCUT2D eigenvalue weighted by molar-refractivity contribution is 5.95. The van der Waals surface area contributed by atoms with Gasteiger partial charge in [0.05, 0.1) is 12.2 Å². The largest absolute Gasteiger partial charge is 0.394 e. The first-order valence-electron chi connectivity index (χ1n) is 11.7. The molecule has 0 bridgehead atoms. The Morgan fingerprint density at radius 2 is 1.24 bits per heavy atom. The number of amides is 2. The Bertz CT molecular complexity index is 838. The van der Waals surface area contributed by atoms with Gasteiger partial charge in [-0.25, -0.2) is 22.0 Å². The first-order chi connectivity index (χ1) is 16.3. The highest BCUT2D eigenvalue weighted by Crippen LogP contribution is 2.24. The molecule has 190 valence electrons. The van der Waals surface area contributed by atoms with Crippen molar-refractivity contribution in [3.05, 3.63) is 40.7 Å². The molecule has 2 rings (SSSR count). The van der Waals surface area contributed by atoms with Crippen molar-refractivity contribution < 1.29 is 36.6 Å². The molecule has 1 atom stereocenters. The smallest absolute Gasteiger partial charge is 0.245 e. The zero-order valence-corrected chi connectivity index (χ0v) is 18.9. The third-order valence-electron chi connectivity index (χ3n) is 5.91. The molecule has 1 aromatic rings. The van der Waals surface area contributed by atoms with Gasteiger partial charge in [0, 0.05) is 12.1 Å². The normalized spacial score (nSPS) is 17.6. The minimum absolute atomic E-state index is 0.109. The maximum atomic E-state index is 13.7. The lowest BCUT2D eigenvalue weighted by Crippen LogP contribution is -2.51. The molecule has 0 saturated heterocycles. The van der Waals surface area contributed by atoms with Gasteiger partial charge in [0.15, 0.2) is 23.3 Å². The number of hydrogen-bond donors (Lipinski definition) is 3. The summed E-state index contributed by atoms with van der Waals surface area (Å²) < 4.78 is 67.1. The summed E-state index contributed by atoms with van der Waals surface area (Å²) in [6.07, 6.45) is 12.5. The van der Waals surface area contributed by atoms with Gasteiger partial charge in [-0.3, -0.25) is 9.59 Å². The third kappa shape index (κ3) is 8.07. The van der Waals surface area contributed by atoms with Gasteiger partial charge in [-0.1, -0.05) is 57.8 Å². The predicted molar refractivity (Wildman–Crippen MR) is 117 cm³/mol. The molecule has 0 aliphatic heterocycles. The van der Waals surface area contributed by atoms with Crippen molar-refractivity contribution in [2.45, 2.75) is 82.7 Å². The molecular formula is C24H31F5N2O3. The van der Waals surface area contributed by atoms with Gasteiger partial charge in [-0.15, -0.1) is 0 Å². The van der Waals surface area contributed by atoms with Crippen LogP contribution in [0.15, 0.2) is 6.08 Å². The maximum absolute atomic E-state index is 13.7. The van der Waals surface area contributed by atoms with Gasteiger partial charge >= 0.3 is 0 Å². The van der Waals surface area contributed by atoms with Crippen molar-refractivity contribution >= 4 is 17.9 Å². The summed E-state index contributed by atoms with van der Waals surface area (Å²) in [6, 6.07) is -1.45. The molecule has 1 fully saturated rings. The Hall–Kier alpha value is -2.49. The molecular weight excluding hydrogens is 459 g/mol. The Kier molecular flexibility index (Phi) is 11.5. The van der Waals surface area contributed by atoms with E-state index in [2.05, 4.69) is 10.6 Å². The molecule has 0 aromatic heterocycles. The molecule has 1 saturated carbocycles. The van der Waals surface area contributed by atoms with Gasteiger partial charge in [0.25, 0.3) is 0 Å². The summed E-state index contributed by atoms with van der Waals surface area (Å²) >= 11 is 0. The van der Waals surface area contributed by atoms with E-state index in [-0.39, 0.29) is 6.04 Å². The maximum Gasteiger partial charge on any atom is 0.245 e. The zero-order valence-electron chi connectivity index (χ0n) is 18.9. The van der Waals surface area contributed by atoms with Crippen LogP contribution in [-0.2, 0) is 9.59 Å². The van der Waals surface area contributed by atoms with E-state index in [1.165, 1.54) is 19.3 Å². The average Bonchev–Trinajstić information content (AvgIpc) is 2.81. The molecule has 5 nitrogen and oxygen atoms in total. The number of benzene rings is 1. The van der Waals surface area contributed by atoms with Crippen molar-refractivity contribution in [1.29, 1.82) is 0 Å². The molecule has 1 aliphatic carbocycles. The van der Waals surface area contributed by atoms with E-state index >= 15 is 0 Å². The zero-order chi connectivity index (χ0) is 25.1. The van der Waals surface area contributed by atoms with E-state index in [1.807, 2.05) is 0 Å². The lowest BCUT2D eigenvalue weighted by molar-refractivity contribution is -0.128. The highest BCUT2D eigenvalue weighted by atomic mass is 19.2. The number of rotatable bonds is 6. The van der Waals surface area contributed by atoms with E-state index in [0.29, 0.717) is 12.2 Å². The Labute approximate surface area is 195 Å². The van der Waals surface area contributed by atoms with Crippen molar-refractivity contribution in [3.63, 3.8) is 0 Å². The van der Waals surface area contributed by atoms with Crippen LogP contribution >= 0.6 is 0 Å². The topological polar surface area (TPSA) is 78.4 Å². The Balaban J connectivity index is 1.99. The summed E-state index contributed by atoms with van der Waals surface area (Å²) in [5.74, 6) is -12.4. The second-order valence-electron chi connectivity index (χ2n) is 8.53. The van der Waals surface area contributed by atoms with Crippen molar-refractivity contribution in [1.82, 2.24) is 10.6 Å². The molecule has 0 heterocycles. The van der Waals surface area contributed by atoms with Crippen molar-refractivity contribution in [3.8, 4) is 0 Å². The summed E-state index contributed by atoms with van der Waals surface area (Å²) in [5, 5.41) is 14.6. The average molecular weight is 491 g/mol. The number of hydrogen-bond acceptors (Lipinski definition) is 3. The summed E-state index contributed by atoms with van der Waals surface area (Å²) in [4.78, 5) is 24.7. The highest BCUT2D eigenvalue weighted by Gasteiger charge is 2.25. The first kappa shape index (κ1) is 27.8. The summed E-state index contributed by atoms with van der Waals surface area (Å²) in [6.45, 7) is -0.735. The van der Waals surface area contributed by atoms with Crippen LogP contribution in [0.25, 0.3) is 6.08 Å². The van der Waals surface area contributed by atoms with Gasteiger partial charge in [0.2, 0.25) is 17.6 Å². The van der Waals surface area contributed by atoms with Crippen LogP contribution in [0.3, 0.4) is 0 Å². The van der Waals surface area contributed by atoms with Crippen molar-refractivity contribution in [2.24, 2.45) is 0 Å². The SMILES string of the molecule is O=C(C=Cc1c(F)c(F)c(F)c(F)c1F)N[C@@H](CO)C(=O)NC1CCCCCCCCCCC1. The van der Waals surface area contributed by atoms with Gasteiger partial charge in [-0.2, -0.15) is 0 Å². The minimum atomic E-state index is -2.31. The predicted octanol–water partition coefficient (Wildman–Crippen LogP) is 4.66. The number of nitrogens with one attached hydrogen (secondary N) is 2. The lowest BCUT2D eigenvalue weighted by Gasteiger charge is -2.23. The molecule has 1 aliphatic rings. The van der Waals surface area contributed by atoms with E-state index < -0.39 is 59.1 Å². The van der Waals surface area contributed by atoms with Crippen LogP contribution in [0.1, 0.15) is 76.2 Å². The number of carbonyl (C=O) groups is 2. The fourth-order valence-corrected chi connectivity index (χ4v) is 3.95. The molecule has 3 N–H and O–H groups in total. The van der Waals surface area contributed by atoms with E-state index in [4.69, 9.17) is 0 Å². The first-order valence-corrected chi connectivity index (χ1v) is 11.7. The quantitative estimate of drug-likeness (QED) is 0.235. The lowest BCUT2D eigenvalue weighted by atomic mass is 9.97. The Morgan fingerprint density at radius 3 is 1.71 bits per heavy atom. The molecule has 34 heavy (non-hydrogen) atoms. The van der Waals surface area contributed by atoms with E-state index in [9.17, 15) is 36.6 Å². The molecule has 0 spiro atoms. The van der Waals surface area contributed by atoms with Crippen molar-refractivity contribution in [2.75, 3.05) is 6.61 Å². The van der Waals surface area contributed by atoms with Crippen LogP contribution in [0.4, 0.5) is 22.0 Å². The Morgan fingerprint density at radius 1 is 0.794 bits per heavy atom. The second kappa shape index (κ2) is 14.0.